The quantitative estimate of drug-likeness (QED) is 0.583. The van der Waals surface area contributed by atoms with Crippen LogP contribution in [-0.2, 0) is 11.2 Å². The van der Waals surface area contributed by atoms with Crippen molar-refractivity contribution in [3.8, 4) is 0 Å². The van der Waals surface area contributed by atoms with E-state index in [0.717, 1.165) is 36.8 Å². The van der Waals surface area contributed by atoms with E-state index >= 15 is 0 Å². The highest BCUT2D eigenvalue weighted by Crippen LogP contribution is 2.37. The molecule has 1 aliphatic rings. The summed E-state index contributed by atoms with van der Waals surface area (Å²) in [5.41, 5.74) is 3.52. The Morgan fingerprint density at radius 2 is 1.85 bits per heavy atom. The molecule has 27 heavy (non-hydrogen) atoms. The lowest BCUT2D eigenvalue weighted by molar-refractivity contribution is -0.147. The summed E-state index contributed by atoms with van der Waals surface area (Å²) in [4.78, 5) is 25.7. The summed E-state index contributed by atoms with van der Waals surface area (Å²) < 4.78 is 0. The van der Waals surface area contributed by atoms with Crippen molar-refractivity contribution in [3.05, 3.63) is 70.8 Å². The third-order valence-corrected chi connectivity index (χ3v) is 5.13. The maximum atomic E-state index is 13.6. The third kappa shape index (κ3) is 3.90. The Morgan fingerprint density at radius 3 is 2.52 bits per heavy atom. The first-order valence-electron chi connectivity index (χ1n) is 9.55. The van der Waals surface area contributed by atoms with Crippen LogP contribution in [0.3, 0.4) is 0 Å². The lowest BCUT2D eigenvalue weighted by Crippen LogP contribution is -2.56. The maximum Gasteiger partial charge on any atom is 0.273 e. The molecular formula is C23H28N2O2. The molecule has 2 amide bonds. The summed E-state index contributed by atoms with van der Waals surface area (Å²) in [6, 6.07) is 15.7. The zero-order valence-electron chi connectivity index (χ0n) is 16.6. The Bertz CT molecular complexity index is 838. The molecule has 142 valence electrons. The van der Waals surface area contributed by atoms with E-state index in [0.29, 0.717) is 5.56 Å². The number of hydrogen-bond acceptors (Lipinski definition) is 2. The van der Waals surface area contributed by atoms with Crippen LogP contribution < -0.4 is 0 Å². The second-order valence-corrected chi connectivity index (χ2v) is 8.25. The molecule has 2 aromatic carbocycles. The second kappa shape index (κ2) is 7.55. The molecule has 0 aromatic heterocycles. The first-order valence-corrected chi connectivity index (χ1v) is 9.55. The van der Waals surface area contributed by atoms with Gasteiger partial charge in [-0.25, -0.2) is 10.0 Å². The molecule has 0 spiro atoms. The Morgan fingerprint density at radius 1 is 1.11 bits per heavy atom. The fourth-order valence-electron chi connectivity index (χ4n) is 3.81. The van der Waals surface area contributed by atoms with Gasteiger partial charge in [-0.2, -0.15) is 0 Å². The summed E-state index contributed by atoms with van der Waals surface area (Å²) in [7, 11) is 0. The molecule has 1 unspecified atom stereocenters. The van der Waals surface area contributed by atoms with Crippen LogP contribution in [0.25, 0.3) is 0 Å². The van der Waals surface area contributed by atoms with E-state index in [1.54, 1.807) is 10.0 Å². The van der Waals surface area contributed by atoms with Gasteiger partial charge in [0.1, 0.15) is 0 Å². The van der Waals surface area contributed by atoms with Gasteiger partial charge in [-0.1, -0.05) is 42.0 Å². The number of fused-ring (bicyclic) bond motifs is 1. The van der Waals surface area contributed by atoms with Gasteiger partial charge >= 0.3 is 0 Å². The number of carbonyl (C=O) groups is 2. The monoisotopic (exact) mass is 364 g/mol. The molecule has 4 heteroatoms. The van der Waals surface area contributed by atoms with Gasteiger partial charge in [-0.3, -0.25) is 9.59 Å². The van der Waals surface area contributed by atoms with Crippen LogP contribution in [0, 0.1) is 6.92 Å². The largest absolute Gasteiger partial charge is 0.277 e. The van der Waals surface area contributed by atoms with Crippen LogP contribution in [0.2, 0.25) is 0 Å². The molecule has 2 aromatic rings. The second-order valence-electron chi connectivity index (χ2n) is 8.25. The molecule has 0 aliphatic heterocycles. The van der Waals surface area contributed by atoms with E-state index in [2.05, 4.69) is 12.1 Å². The first kappa shape index (κ1) is 19.2. The Hall–Kier alpha value is -2.62. The van der Waals surface area contributed by atoms with Crippen LogP contribution in [0.5, 0.6) is 0 Å². The van der Waals surface area contributed by atoms with Crippen LogP contribution >= 0.6 is 0 Å². The summed E-state index contributed by atoms with van der Waals surface area (Å²) >= 11 is 0. The molecular weight excluding hydrogens is 336 g/mol. The Labute approximate surface area is 161 Å². The number of benzene rings is 2. The summed E-state index contributed by atoms with van der Waals surface area (Å²) in [5, 5.41) is 3.24. The SMILES string of the molecule is Cc1cccc(C(=O)N(C2CCCc3ccccc32)N(C=O)C(C)(C)C)c1. The topological polar surface area (TPSA) is 40.6 Å². The van der Waals surface area contributed by atoms with Gasteiger partial charge in [0.15, 0.2) is 0 Å². The van der Waals surface area contributed by atoms with Gasteiger partial charge < -0.3 is 0 Å². The maximum absolute atomic E-state index is 13.6. The van der Waals surface area contributed by atoms with Crippen molar-refractivity contribution >= 4 is 12.3 Å². The molecule has 0 saturated carbocycles. The van der Waals surface area contributed by atoms with Crippen molar-refractivity contribution < 1.29 is 9.59 Å². The van der Waals surface area contributed by atoms with E-state index < -0.39 is 5.54 Å². The average Bonchev–Trinajstić information content (AvgIpc) is 2.64. The number of hydrogen-bond donors (Lipinski definition) is 0. The van der Waals surface area contributed by atoms with Crippen molar-refractivity contribution in [3.63, 3.8) is 0 Å². The number of nitrogens with zero attached hydrogens (tertiary/aromatic N) is 2. The van der Waals surface area contributed by atoms with Gasteiger partial charge in [0.05, 0.1) is 11.6 Å². The molecule has 1 atom stereocenters. The zero-order valence-corrected chi connectivity index (χ0v) is 16.6. The summed E-state index contributed by atoms with van der Waals surface area (Å²) in [6.45, 7) is 7.82. The lowest BCUT2D eigenvalue weighted by atomic mass is 9.87. The van der Waals surface area contributed by atoms with Gasteiger partial charge in [0.25, 0.3) is 5.91 Å². The number of amides is 2. The Kier molecular flexibility index (Phi) is 5.36. The molecule has 3 rings (SSSR count). The van der Waals surface area contributed by atoms with Gasteiger partial charge in [0, 0.05) is 5.56 Å². The number of hydrazine groups is 1. The number of rotatable bonds is 4. The normalized spacial score (nSPS) is 16.4. The van der Waals surface area contributed by atoms with E-state index in [9.17, 15) is 9.59 Å². The van der Waals surface area contributed by atoms with Gasteiger partial charge in [-0.05, 0) is 70.2 Å². The molecule has 0 radical (unpaired) electrons. The Balaban J connectivity index is 2.11. The van der Waals surface area contributed by atoms with Crippen molar-refractivity contribution in [2.45, 2.75) is 58.5 Å². The smallest absolute Gasteiger partial charge is 0.273 e. The van der Waals surface area contributed by atoms with E-state index in [-0.39, 0.29) is 11.9 Å². The zero-order chi connectivity index (χ0) is 19.6. The van der Waals surface area contributed by atoms with Crippen molar-refractivity contribution in [1.82, 2.24) is 10.0 Å². The first-order chi connectivity index (χ1) is 12.8. The predicted octanol–water partition coefficient (Wildman–Crippen LogP) is 4.69. The summed E-state index contributed by atoms with van der Waals surface area (Å²) in [6.07, 6.45) is 3.63. The lowest BCUT2D eigenvalue weighted by Gasteiger charge is -2.46. The minimum Gasteiger partial charge on any atom is -0.277 e. The highest BCUT2D eigenvalue weighted by molar-refractivity contribution is 5.95. The van der Waals surface area contributed by atoms with Crippen LogP contribution in [0.1, 0.15) is 66.7 Å². The van der Waals surface area contributed by atoms with E-state index in [1.165, 1.54) is 5.56 Å². The van der Waals surface area contributed by atoms with Crippen molar-refractivity contribution in [2.24, 2.45) is 0 Å². The molecule has 0 heterocycles. The average molecular weight is 364 g/mol. The van der Waals surface area contributed by atoms with Crippen molar-refractivity contribution in [2.75, 3.05) is 0 Å². The van der Waals surface area contributed by atoms with E-state index in [4.69, 9.17) is 0 Å². The van der Waals surface area contributed by atoms with Gasteiger partial charge in [0.2, 0.25) is 6.41 Å². The minimum atomic E-state index is -0.506. The molecule has 0 N–H and O–H groups in total. The molecule has 0 fully saturated rings. The van der Waals surface area contributed by atoms with Gasteiger partial charge in [-0.15, -0.1) is 0 Å². The highest BCUT2D eigenvalue weighted by Gasteiger charge is 2.37. The fraction of sp³-hybridized carbons (Fsp3) is 0.391. The van der Waals surface area contributed by atoms with Crippen molar-refractivity contribution in [1.29, 1.82) is 0 Å². The molecule has 1 aliphatic carbocycles. The molecule has 0 bridgehead atoms. The number of carbonyl (C=O) groups excluding carboxylic acids is 2. The van der Waals surface area contributed by atoms with Crippen LogP contribution in [0.15, 0.2) is 48.5 Å². The number of aryl methyl sites for hydroxylation is 2. The van der Waals surface area contributed by atoms with Crippen LogP contribution in [-0.4, -0.2) is 27.9 Å². The minimum absolute atomic E-state index is 0.137. The summed E-state index contributed by atoms with van der Waals surface area (Å²) in [5.74, 6) is -0.137. The third-order valence-electron chi connectivity index (χ3n) is 5.13. The highest BCUT2D eigenvalue weighted by atomic mass is 16.2. The van der Waals surface area contributed by atoms with Crippen LogP contribution in [0.4, 0.5) is 0 Å². The fourth-order valence-corrected chi connectivity index (χ4v) is 3.81. The predicted molar refractivity (Wildman–Crippen MR) is 107 cm³/mol. The molecule has 0 saturated heterocycles. The molecule has 4 nitrogen and oxygen atoms in total. The standard InChI is InChI=1S/C23H28N2O2/c1-17-9-7-12-19(15-17)22(27)25(24(16-26)23(2,3)4)21-14-8-11-18-10-5-6-13-20(18)21/h5-7,9-10,12-13,15-16,21H,8,11,14H2,1-4H3. The van der Waals surface area contributed by atoms with E-state index in [1.807, 2.05) is 64.1 Å².